The Morgan fingerprint density at radius 2 is 1.83 bits per heavy atom. The minimum absolute atomic E-state index is 0.0951. The van der Waals surface area contributed by atoms with Gasteiger partial charge in [0.05, 0.1) is 6.61 Å². The molecular weight excluding hydrogens is 309 g/mol. The van der Waals surface area contributed by atoms with E-state index in [1.807, 2.05) is 0 Å². The second-order valence-corrected chi connectivity index (χ2v) is 5.62. The van der Waals surface area contributed by atoms with E-state index in [1.54, 1.807) is 6.07 Å². The standard InChI is InChI=1S/C17H21F3O3/c1-3-10-21-14-8-9-15(22-11-13-6-4-5-7-13)16(12(14)2)23-17(18,19)20/h3,8-9,13H,1,4-7,10-11H2,2H3. The summed E-state index contributed by atoms with van der Waals surface area (Å²) in [5.74, 6) is 0.470. The Bertz CT molecular complexity index is 535. The summed E-state index contributed by atoms with van der Waals surface area (Å²) in [4.78, 5) is 0. The van der Waals surface area contributed by atoms with E-state index in [0.717, 1.165) is 25.7 Å². The molecule has 1 aromatic rings. The predicted molar refractivity (Wildman–Crippen MR) is 81.0 cm³/mol. The zero-order valence-corrected chi connectivity index (χ0v) is 13.1. The van der Waals surface area contributed by atoms with E-state index in [0.29, 0.717) is 18.3 Å². The minimum atomic E-state index is -4.78. The fraction of sp³-hybridized carbons (Fsp3) is 0.529. The van der Waals surface area contributed by atoms with Crippen molar-refractivity contribution in [2.24, 2.45) is 5.92 Å². The highest BCUT2D eigenvalue weighted by Gasteiger charge is 2.34. The Hall–Kier alpha value is -1.85. The molecule has 128 valence electrons. The second-order valence-electron chi connectivity index (χ2n) is 5.62. The van der Waals surface area contributed by atoms with Gasteiger partial charge < -0.3 is 14.2 Å². The van der Waals surface area contributed by atoms with Crippen LogP contribution >= 0.6 is 0 Å². The third-order valence-corrected chi connectivity index (χ3v) is 3.84. The molecule has 1 aliphatic rings. The molecule has 1 fully saturated rings. The first-order chi connectivity index (χ1) is 10.9. The highest BCUT2D eigenvalue weighted by molar-refractivity contribution is 5.53. The number of rotatable bonds is 7. The van der Waals surface area contributed by atoms with Gasteiger partial charge in [-0.05, 0) is 37.8 Å². The first kappa shape index (κ1) is 17.5. The average molecular weight is 330 g/mol. The predicted octanol–water partition coefficient (Wildman–Crippen LogP) is 5.03. The molecule has 1 aliphatic carbocycles. The van der Waals surface area contributed by atoms with E-state index in [1.165, 1.54) is 19.1 Å². The summed E-state index contributed by atoms with van der Waals surface area (Å²) in [5, 5.41) is 0. The zero-order valence-electron chi connectivity index (χ0n) is 13.1. The van der Waals surface area contributed by atoms with E-state index < -0.39 is 6.36 Å². The number of benzene rings is 1. The van der Waals surface area contributed by atoms with Gasteiger partial charge in [-0.25, -0.2) is 0 Å². The van der Waals surface area contributed by atoms with Gasteiger partial charge in [0.1, 0.15) is 12.4 Å². The molecule has 6 heteroatoms. The molecule has 0 radical (unpaired) electrons. The molecule has 0 bridgehead atoms. The van der Waals surface area contributed by atoms with Gasteiger partial charge in [-0.2, -0.15) is 0 Å². The van der Waals surface area contributed by atoms with Crippen LogP contribution in [0.4, 0.5) is 13.2 Å². The van der Waals surface area contributed by atoms with Crippen LogP contribution in [0, 0.1) is 12.8 Å². The van der Waals surface area contributed by atoms with Crippen molar-refractivity contribution in [1.82, 2.24) is 0 Å². The van der Waals surface area contributed by atoms with E-state index in [2.05, 4.69) is 11.3 Å². The van der Waals surface area contributed by atoms with Crippen LogP contribution in [-0.4, -0.2) is 19.6 Å². The summed E-state index contributed by atoms with van der Waals surface area (Å²) in [5.41, 5.74) is 0.257. The molecule has 0 aromatic heterocycles. The van der Waals surface area contributed by atoms with Crippen LogP contribution in [0.5, 0.6) is 17.2 Å². The van der Waals surface area contributed by atoms with Crippen LogP contribution in [0.3, 0.4) is 0 Å². The Morgan fingerprint density at radius 1 is 1.17 bits per heavy atom. The van der Waals surface area contributed by atoms with Gasteiger partial charge >= 0.3 is 6.36 Å². The lowest BCUT2D eigenvalue weighted by molar-refractivity contribution is -0.275. The van der Waals surface area contributed by atoms with Gasteiger partial charge in [-0.3, -0.25) is 0 Å². The minimum Gasteiger partial charge on any atom is -0.489 e. The number of hydrogen-bond acceptors (Lipinski definition) is 3. The lowest BCUT2D eigenvalue weighted by Gasteiger charge is -2.19. The third kappa shape index (κ3) is 5.08. The van der Waals surface area contributed by atoms with Crippen molar-refractivity contribution in [2.45, 2.75) is 39.0 Å². The topological polar surface area (TPSA) is 27.7 Å². The van der Waals surface area contributed by atoms with Gasteiger partial charge in [-0.1, -0.05) is 25.5 Å². The zero-order chi connectivity index (χ0) is 16.9. The lowest BCUT2D eigenvalue weighted by atomic mass is 10.1. The molecule has 1 saturated carbocycles. The fourth-order valence-electron chi connectivity index (χ4n) is 2.69. The van der Waals surface area contributed by atoms with Crippen molar-refractivity contribution in [1.29, 1.82) is 0 Å². The molecule has 23 heavy (non-hydrogen) atoms. The van der Waals surface area contributed by atoms with Gasteiger partial charge in [0.2, 0.25) is 0 Å². The van der Waals surface area contributed by atoms with Crippen LogP contribution in [0.1, 0.15) is 31.2 Å². The Labute approximate surface area is 134 Å². The molecule has 0 amide bonds. The maximum atomic E-state index is 12.7. The van der Waals surface area contributed by atoms with Crippen LogP contribution in [0.25, 0.3) is 0 Å². The summed E-state index contributed by atoms with van der Waals surface area (Å²) >= 11 is 0. The van der Waals surface area contributed by atoms with Gasteiger partial charge in [0, 0.05) is 5.56 Å². The monoisotopic (exact) mass is 330 g/mol. The molecule has 0 saturated heterocycles. The Morgan fingerprint density at radius 3 is 2.43 bits per heavy atom. The molecule has 0 atom stereocenters. The smallest absolute Gasteiger partial charge is 0.489 e. The summed E-state index contributed by atoms with van der Waals surface area (Å²) in [6, 6.07) is 3.05. The number of halogens is 3. The quantitative estimate of drug-likeness (QED) is 0.657. The molecule has 0 heterocycles. The fourth-order valence-corrected chi connectivity index (χ4v) is 2.69. The van der Waals surface area contributed by atoms with Crippen molar-refractivity contribution in [2.75, 3.05) is 13.2 Å². The van der Waals surface area contributed by atoms with E-state index in [4.69, 9.17) is 9.47 Å². The SMILES string of the molecule is C=CCOc1ccc(OCC2CCCC2)c(OC(F)(F)F)c1C. The second kappa shape index (κ2) is 7.62. The van der Waals surface area contributed by atoms with Crippen molar-refractivity contribution in [3.63, 3.8) is 0 Å². The third-order valence-electron chi connectivity index (χ3n) is 3.84. The van der Waals surface area contributed by atoms with Crippen molar-refractivity contribution in [3.8, 4) is 17.2 Å². The number of hydrogen-bond donors (Lipinski definition) is 0. The first-order valence-corrected chi connectivity index (χ1v) is 7.66. The maximum Gasteiger partial charge on any atom is 0.573 e. The lowest BCUT2D eigenvalue weighted by Crippen LogP contribution is -2.19. The van der Waals surface area contributed by atoms with E-state index >= 15 is 0 Å². The maximum absolute atomic E-state index is 12.7. The average Bonchev–Trinajstić information content (AvgIpc) is 2.99. The van der Waals surface area contributed by atoms with Gasteiger partial charge in [0.15, 0.2) is 11.5 Å². The normalized spacial score (nSPS) is 15.5. The molecule has 0 spiro atoms. The molecule has 0 aliphatic heterocycles. The summed E-state index contributed by atoms with van der Waals surface area (Å²) in [6.45, 7) is 5.64. The molecule has 3 nitrogen and oxygen atoms in total. The van der Waals surface area contributed by atoms with Crippen LogP contribution in [-0.2, 0) is 0 Å². The van der Waals surface area contributed by atoms with Crippen LogP contribution < -0.4 is 14.2 Å². The molecule has 1 aromatic carbocycles. The van der Waals surface area contributed by atoms with Crippen LogP contribution in [0.2, 0.25) is 0 Å². The van der Waals surface area contributed by atoms with Gasteiger partial charge in [-0.15, -0.1) is 13.2 Å². The van der Waals surface area contributed by atoms with Crippen molar-refractivity contribution >= 4 is 0 Å². The van der Waals surface area contributed by atoms with E-state index in [-0.39, 0.29) is 23.7 Å². The number of ether oxygens (including phenoxy) is 3. The van der Waals surface area contributed by atoms with E-state index in [9.17, 15) is 13.2 Å². The summed E-state index contributed by atoms with van der Waals surface area (Å²) < 4.78 is 53.2. The molecular formula is C17H21F3O3. The van der Waals surface area contributed by atoms with Crippen LogP contribution in [0.15, 0.2) is 24.8 Å². The molecule has 2 rings (SSSR count). The summed E-state index contributed by atoms with van der Waals surface area (Å²) in [7, 11) is 0. The Kier molecular flexibility index (Phi) is 5.80. The first-order valence-electron chi connectivity index (χ1n) is 7.66. The molecule has 0 N–H and O–H groups in total. The van der Waals surface area contributed by atoms with Gasteiger partial charge in [0.25, 0.3) is 0 Å². The highest BCUT2D eigenvalue weighted by atomic mass is 19.4. The largest absolute Gasteiger partial charge is 0.573 e. The summed E-state index contributed by atoms with van der Waals surface area (Å²) in [6.07, 6.45) is 1.13. The van der Waals surface area contributed by atoms with Crippen molar-refractivity contribution < 1.29 is 27.4 Å². The number of alkyl halides is 3. The Balaban J connectivity index is 2.20. The highest BCUT2D eigenvalue weighted by Crippen LogP contribution is 2.40. The van der Waals surface area contributed by atoms with Crippen molar-refractivity contribution in [3.05, 3.63) is 30.4 Å². The molecule has 0 unspecified atom stereocenters.